The molecular weight excluding hydrogens is 230 g/mol. The van der Waals surface area contributed by atoms with Gasteiger partial charge in [-0.25, -0.2) is 0 Å². The monoisotopic (exact) mass is 265 g/mol. The number of rotatable bonds is 8. The van der Waals surface area contributed by atoms with Crippen LogP contribution in [0.3, 0.4) is 0 Å². The topological polar surface area (TPSA) is 23.9 Å². The molecule has 1 heteroatoms. The van der Waals surface area contributed by atoms with Crippen molar-refractivity contribution in [3.63, 3.8) is 0 Å². The van der Waals surface area contributed by atoms with Gasteiger partial charge in [0.2, 0.25) is 0 Å². The van der Waals surface area contributed by atoms with Gasteiger partial charge in [-0.2, -0.15) is 0 Å². The molecule has 0 aliphatic heterocycles. The Balaban J connectivity index is 2.41. The normalized spacial score (nSPS) is 29.2. The Morgan fingerprint density at radius 2 is 1.79 bits per heavy atom. The highest BCUT2D eigenvalue weighted by molar-refractivity contribution is 5.85. The van der Waals surface area contributed by atoms with E-state index in [9.17, 15) is 0 Å². The van der Waals surface area contributed by atoms with Crippen molar-refractivity contribution in [1.82, 2.24) is 0 Å². The van der Waals surface area contributed by atoms with E-state index < -0.39 is 0 Å². The third-order valence-corrected chi connectivity index (χ3v) is 5.80. The van der Waals surface area contributed by atoms with Gasteiger partial charge in [0.15, 0.2) is 0 Å². The van der Waals surface area contributed by atoms with Gasteiger partial charge >= 0.3 is 0 Å². The van der Waals surface area contributed by atoms with Gasteiger partial charge in [0, 0.05) is 5.71 Å². The Kier molecular flexibility index (Phi) is 6.56. The SMILES string of the molecule is CCC(C)CC(C)C(=N)C(C)C(C)CC1CCC1C. The van der Waals surface area contributed by atoms with Crippen molar-refractivity contribution in [1.29, 1.82) is 5.41 Å². The van der Waals surface area contributed by atoms with E-state index in [1.54, 1.807) is 0 Å². The van der Waals surface area contributed by atoms with Crippen molar-refractivity contribution in [3.05, 3.63) is 0 Å². The first-order valence-electron chi connectivity index (χ1n) is 8.45. The molecule has 1 saturated carbocycles. The Morgan fingerprint density at radius 3 is 2.21 bits per heavy atom. The molecular formula is C18H35N. The van der Waals surface area contributed by atoms with Gasteiger partial charge in [-0.15, -0.1) is 0 Å². The molecule has 1 fully saturated rings. The molecule has 0 radical (unpaired) electrons. The molecule has 0 aromatic rings. The molecule has 0 spiro atoms. The molecule has 6 unspecified atom stereocenters. The lowest BCUT2D eigenvalue weighted by molar-refractivity contribution is 0.152. The molecule has 0 heterocycles. The van der Waals surface area contributed by atoms with Crippen LogP contribution in [0.15, 0.2) is 0 Å². The zero-order valence-corrected chi connectivity index (χ0v) is 14.0. The third kappa shape index (κ3) is 4.61. The molecule has 1 aliphatic rings. The highest BCUT2D eigenvalue weighted by Crippen LogP contribution is 2.40. The van der Waals surface area contributed by atoms with Crippen molar-refractivity contribution >= 4 is 5.71 Å². The van der Waals surface area contributed by atoms with E-state index in [2.05, 4.69) is 41.5 Å². The van der Waals surface area contributed by atoms with Gasteiger partial charge < -0.3 is 5.41 Å². The smallest absolute Gasteiger partial charge is 0.0148 e. The quantitative estimate of drug-likeness (QED) is 0.537. The van der Waals surface area contributed by atoms with E-state index in [0.717, 1.165) is 23.5 Å². The fourth-order valence-electron chi connectivity index (χ4n) is 3.42. The van der Waals surface area contributed by atoms with Gasteiger partial charge in [-0.3, -0.25) is 0 Å². The molecule has 112 valence electrons. The van der Waals surface area contributed by atoms with Crippen LogP contribution in [0.4, 0.5) is 0 Å². The minimum atomic E-state index is 0.464. The summed E-state index contributed by atoms with van der Waals surface area (Å²) in [6.07, 6.45) is 6.61. The summed E-state index contributed by atoms with van der Waals surface area (Å²) in [7, 11) is 0. The predicted molar refractivity (Wildman–Crippen MR) is 85.8 cm³/mol. The minimum Gasteiger partial charge on any atom is -0.309 e. The molecule has 0 bridgehead atoms. The average molecular weight is 265 g/mol. The molecule has 1 aliphatic carbocycles. The van der Waals surface area contributed by atoms with Gasteiger partial charge in [-0.05, 0) is 54.8 Å². The molecule has 0 aromatic carbocycles. The van der Waals surface area contributed by atoms with Crippen LogP contribution in [0, 0.1) is 40.9 Å². The zero-order valence-electron chi connectivity index (χ0n) is 14.0. The van der Waals surface area contributed by atoms with Crippen molar-refractivity contribution in [2.75, 3.05) is 0 Å². The van der Waals surface area contributed by atoms with Gasteiger partial charge in [-0.1, -0.05) is 54.4 Å². The van der Waals surface area contributed by atoms with E-state index >= 15 is 0 Å². The second kappa shape index (κ2) is 7.45. The molecule has 1 rings (SSSR count). The van der Waals surface area contributed by atoms with E-state index in [-0.39, 0.29) is 0 Å². The first-order valence-corrected chi connectivity index (χ1v) is 8.45. The number of hydrogen-bond acceptors (Lipinski definition) is 1. The fourth-order valence-corrected chi connectivity index (χ4v) is 3.42. The van der Waals surface area contributed by atoms with Gasteiger partial charge in [0.25, 0.3) is 0 Å². The second-order valence-corrected chi connectivity index (χ2v) is 7.42. The number of hydrogen-bond donors (Lipinski definition) is 1. The minimum absolute atomic E-state index is 0.464. The second-order valence-electron chi connectivity index (χ2n) is 7.42. The molecule has 0 saturated heterocycles. The van der Waals surface area contributed by atoms with Crippen LogP contribution in [0.25, 0.3) is 0 Å². The maximum absolute atomic E-state index is 8.47. The summed E-state index contributed by atoms with van der Waals surface area (Å²) in [5.41, 5.74) is 1.000. The Labute approximate surface area is 121 Å². The van der Waals surface area contributed by atoms with Crippen LogP contribution in [0.5, 0.6) is 0 Å². The Morgan fingerprint density at radius 1 is 1.16 bits per heavy atom. The summed E-state index contributed by atoms with van der Waals surface area (Å²) in [6.45, 7) is 13.9. The standard InChI is InChI=1S/C18H35N/c1-7-12(2)10-15(5)18(19)16(6)14(4)11-17-9-8-13(17)3/h12-17,19H,7-11H2,1-6H3. The lowest BCUT2D eigenvalue weighted by Gasteiger charge is -2.37. The first kappa shape index (κ1) is 16.7. The van der Waals surface area contributed by atoms with Crippen molar-refractivity contribution in [3.8, 4) is 0 Å². The van der Waals surface area contributed by atoms with Crippen molar-refractivity contribution in [2.24, 2.45) is 35.5 Å². The van der Waals surface area contributed by atoms with Crippen molar-refractivity contribution in [2.45, 2.75) is 73.6 Å². The summed E-state index contributed by atoms with van der Waals surface area (Å²) in [4.78, 5) is 0. The maximum atomic E-state index is 8.47. The molecule has 1 nitrogen and oxygen atoms in total. The molecule has 19 heavy (non-hydrogen) atoms. The fraction of sp³-hybridized carbons (Fsp3) is 0.944. The maximum Gasteiger partial charge on any atom is 0.0148 e. The molecule has 6 atom stereocenters. The first-order chi connectivity index (χ1) is 8.86. The summed E-state index contributed by atoms with van der Waals surface area (Å²) in [6, 6.07) is 0. The molecule has 0 aromatic heterocycles. The van der Waals surface area contributed by atoms with Crippen LogP contribution in [-0.4, -0.2) is 5.71 Å². The van der Waals surface area contributed by atoms with E-state index in [1.165, 1.54) is 32.1 Å². The Hall–Kier alpha value is -0.330. The summed E-state index contributed by atoms with van der Waals surface area (Å²) >= 11 is 0. The zero-order chi connectivity index (χ0) is 14.6. The summed E-state index contributed by atoms with van der Waals surface area (Å²) < 4.78 is 0. The largest absolute Gasteiger partial charge is 0.309 e. The van der Waals surface area contributed by atoms with Crippen LogP contribution in [0.2, 0.25) is 0 Å². The summed E-state index contributed by atoms with van der Waals surface area (Å²) in [5.74, 6) is 4.23. The van der Waals surface area contributed by atoms with Gasteiger partial charge in [0.1, 0.15) is 0 Å². The van der Waals surface area contributed by atoms with Crippen molar-refractivity contribution < 1.29 is 0 Å². The highest BCUT2D eigenvalue weighted by Gasteiger charge is 2.31. The summed E-state index contributed by atoms with van der Waals surface area (Å²) in [5, 5.41) is 8.47. The third-order valence-electron chi connectivity index (χ3n) is 5.80. The predicted octanol–water partition coefficient (Wildman–Crippen LogP) is 5.79. The van der Waals surface area contributed by atoms with Crippen LogP contribution in [-0.2, 0) is 0 Å². The highest BCUT2D eigenvalue weighted by atomic mass is 14.5. The lowest BCUT2D eigenvalue weighted by atomic mass is 9.68. The van der Waals surface area contributed by atoms with Gasteiger partial charge in [0.05, 0.1) is 0 Å². The van der Waals surface area contributed by atoms with E-state index in [4.69, 9.17) is 5.41 Å². The average Bonchev–Trinajstić information content (AvgIpc) is 2.40. The van der Waals surface area contributed by atoms with Crippen LogP contribution >= 0.6 is 0 Å². The molecule has 1 N–H and O–H groups in total. The van der Waals surface area contributed by atoms with E-state index in [0.29, 0.717) is 17.8 Å². The van der Waals surface area contributed by atoms with E-state index in [1.807, 2.05) is 0 Å². The lowest BCUT2D eigenvalue weighted by Crippen LogP contribution is -2.30. The molecule has 0 amide bonds. The Bertz CT molecular complexity index is 283. The van der Waals surface area contributed by atoms with Crippen LogP contribution < -0.4 is 0 Å². The number of nitrogens with one attached hydrogen (secondary N) is 1. The van der Waals surface area contributed by atoms with Crippen LogP contribution in [0.1, 0.15) is 73.6 Å².